The number of nitrogens with one attached hydrogen (secondary N) is 1. The van der Waals surface area contributed by atoms with Crippen LogP contribution >= 0.6 is 0 Å². The van der Waals surface area contributed by atoms with Crippen LogP contribution < -0.4 is 5.32 Å². The summed E-state index contributed by atoms with van der Waals surface area (Å²) in [6, 6.07) is 14.8. The van der Waals surface area contributed by atoms with Gasteiger partial charge in [0, 0.05) is 0 Å². The molecule has 0 saturated carbocycles. The van der Waals surface area contributed by atoms with Crippen LogP contribution in [-0.2, 0) is 10.3 Å². The molecule has 0 saturated heterocycles. The van der Waals surface area contributed by atoms with E-state index in [0.717, 1.165) is 0 Å². The van der Waals surface area contributed by atoms with E-state index in [2.05, 4.69) is 10.3 Å². The average Bonchev–Trinajstić information content (AvgIpc) is 3.04. The molecule has 6 nitrogen and oxygen atoms in total. The molecule has 1 heterocycles. The molecule has 0 bridgehead atoms. The van der Waals surface area contributed by atoms with Crippen LogP contribution in [0.25, 0.3) is 11.5 Å². The minimum Gasteiger partial charge on any atom is -0.481 e. The number of oxazole rings is 1. The van der Waals surface area contributed by atoms with Gasteiger partial charge < -0.3 is 14.8 Å². The second-order valence-corrected chi connectivity index (χ2v) is 6.63. The first-order valence-electron chi connectivity index (χ1n) is 8.62. The highest BCUT2D eigenvalue weighted by Crippen LogP contribution is 2.27. The number of aryl methyl sites for hydroxylation is 1. The lowest BCUT2D eigenvalue weighted by atomic mass is 9.88. The van der Waals surface area contributed by atoms with E-state index in [1.165, 1.54) is 12.1 Å². The average molecular weight is 382 g/mol. The van der Waals surface area contributed by atoms with Gasteiger partial charge in [-0.1, -0.05) is 42.5 Å². The number of benzene rings is 2. The number of rotatable bonds is 6. The van der Waals surface area contributed by atoms with Crippen LogP contribution in [0.1, 0.15) is 35.2 Å². The van der Waals surface area contributed by atoms with Gasteiger partial charge in [-0.15, -0.1) is 0 Å². The zero-order chi connectivity index (χ0) is 20.3. The van der Waals surface area contributed by atoms with Crippen LogP contribution in [0.4, 0.5) is 4.39 Å². The maximum atomic E-state index is 14.0. The zero-order valence-electron chi connectivity index (χ0n) is 15.4. The molecule has 0 aliphatic carbocycles. The summed E-state index contributed by atoms with van der Waals surface area (Å²) in [5.74, 6) is -1.98. The highest BCUT2D eigenvalue weighted by Gasteiger charge is 2.33. The molecule has 0 fully saturated rings. The molecule has 1 unspecified atom stereocenters. The van der Waals surface area contributed by atoms with Gasteiger partial charge in [0.2, 0.25) is 5.89 Å². The zero-order valence-corrected chi connectivity index (χ0v) is 15.4. The van der Waals surface area contributed by atoms with Crippen molar-refractivity contribution in [3.63, 3.8) is 0 Å². The van der Waals surface area contributed by atoms with Crippen molar-refractivity contribution in [2.45, 2.75) is 25.8 Å². The Kier molecular flexibility index (Phi) is 5.26. The number of hydrogen-bond acceptors (Lipinski definition) is 4. The van der Waals surface area contributed by atoms with E-state index in [0.29, 0.717) is 5.56 Å². The van der Waals surface area contributed by atoms with E-state index < -0.39 is 23.2 Å². The fourth-order valence-electron chi connectivity index (χ4n) is 2.99. The van der Waals surface area contributed by atoms with Crippen molar-refractivity contribution in [1.82, 2.24) is 10.3 Å². The topological polar surface area (TPSA) is 92.4 Å². The van der Waals surface area contributed by atoms with Crippen molar-refractivity contribution in [2.24, 2.45) is 0 Å². The number of carboxylic acid groups (broad SMARTS) is 1. The number of nitrogens with zero attached hydrogens (tertiary/aromatic N) is 1. The molecule has 3 rings (SSSR count). The summed E-state index contributed by atoms with van der Waals surface area (Å²) < 4.78 is 19.5. The predicted molar refractivity (Wildman–Crippen MR) is 100 cm³/mol. The Bertz CT molecular complexity index is 1020. The standard InChI is InChI=1S/C21H19FN2O4/c1-13-18(23-20(28-13)15-10-6-7-11-16(15)22)19(27)24-21(2,12-17(25)26)14-8-4-3-5-9-14/h3-11H,12H2,1-2H3,(H,24,27)(H,25,26). The minimum atomic E-state index is -1.16. The number of carbonyl (C=O) groups excluding carboxylic acids is 1. The second kappa shape index (κ2) is 7.64. The van der Waals surface area contributed by atoms with Gasteiger partial charge in [0.1, 0.15) is 11.6 Å². The Morgan fingerprint density at radius 2 is 1.79 bits per heavy atom. The molecule has 0 aliphatic heterocycles. The maximum absolute atomic E-state index is 14.0. The Labute approximate surface area is 161 Å². The van der Waals surface area contributed by atoms with Crippen LogP contribution in [-0.4, -0.2) is 22.0 Å². The Morgan fingerprint density at radius 3 is 2.43 bits per heavy atom. The SMILES string of the molecule is Cc1oc(-c2ccccc2F)nc1C(=O)NC(C)(CC(=O)O)c1ccccc1. The third kappa shape index (κ3) is 3.93. The molecule has 144 valence electrons. The normalized spacial score (nSPS) is 13.0. The lowest BCUT2D eigenvalue weighted by molar-refractivity contribution is -0.138. The van der Waals surface area contributed by atoms with E-state index in [4.69, 9.17) is 4.42 Å². The van der Waals surface area contributed by atoms with Crippen LogP contribution in [0.3, 0.4) is 0 Å². The lowest BCUT2D eigenvalue weighted by Gasteiger charge is -2.29. The number of hydrogen-bond donors (Lipinski definition) is 2. The van der Waals surface area contributed by atoms with E-state index in [1.807, 2.05) is 0 Å². The molecule has 1 aromatic heterocycles. The van der Waals surface area contributed by atoms with Gasteiger partial charge in [0.25, 0.3) is 5.91 Å². The summed E-state index contributed by atoms with van der Waals surface area (Å²) in [5.41, 5.74) is -0.402. The minimum absolute atomic E-state index is 0.0135. The number of carbonyl (C=O) groups is 2. The van der Waals surface area contributed by atoms with Gasteiger partial charge in [-0.05, 0) is 31.5 Å². The van der Waals surface area contributed by atoms with E-state index in [9.17, 15) is 19.1 Å². The number of aromatic nitrogens is 1. The van der Waals surface area contributed by atoms with E-state index in [1.54, 1.807) is 56.3 Å². The third-order valence-electron chi connectivity index (χ3n) is 4.42. The fraction of sp³-hybridized carbons (Fsp3) is 0.190. The fourth-order valence-corrected chi connectivity index (χ4v) is 2.99. The van der Waals surface area contributed by atoms with Crippen molar-refractivity contribution in [1.29, 1.82) is 0 Å². The first kappa shape index (κ1) is 19.3. The second-order valence-electron chi connectivity index (χ2n) is 6.63. The summed E-state index contributed by atoms with van der Waals surface area (Å²) >= 11 is 0. The van der Waals surface area contributed by atoms with Crippen molar-refractivity contribution in [3.8, 4) is 11.5 Å². The largest absolute Gasteiger partial charge is 0.481 e. The maximum Gasteiger partial charge on any atom is 0.306 e. The first-order valence-corrected chi connectivity index (χ1v) is 8.62. The molecule has 1 atom stereocenters. The van der Waals surface area contributed by atoms with Crippen LogP contribution in [0.15, 0.2) is 59.0 Å². The van der Waals surface area contributed by atoms with Gasteiger partial charge in [0.15, 0.2) is 5.69 Å². The van der Waals surface area contributed by atoms with E-state index in [-0.39, 0.29) is 29.3 Å². The van der Waals surface area contributed by atoms with Gasteiger partial charge in [0.05, 0.1) is 17.5 Å². The Balaban J connectivity index is 1.93. The predicted octanol–water partition coefficient (Wildman–Crippen LogP) is 3.91. The third-order valence-corrected chi connectivity index (χ3v) is 4.42. The quantitative estimate of drug-likeness (QED) is 0.674. The molecule has 2 N–H and O–H groups in total. The lowest BCUT2D eigenvalue weighted by Crippen LogP contribution is -2.45. The Hall–Kier alpha value is -3.48. The van der Waals surface area contributed by atoms with Gasteiger partial charge >= 0.3 is 5.97 Å². The smallest absolute Gasteiger partial charge is 0.306 e. The van der Waals surface area contributed by atoms with Crippen LogP contribution in [0.2, 0.25) is 0 Å². The van der Waals surface area contributed by atoms with Crippen molar-refractivity contribution < 1.29 is 23.5 Å². The molecular weight excluding hydrogens is 363 g/mol. The molecule has 28 heavy (non-hydrogen) atoms. The van der Waals surface area contributed by atoms with Gasteiger partial charge in [-0.2, -0.15) is 0 Å². The van der Waals surface area contributed by atoms with E-state index >= 15 is 0 Å². The summed E-state index contributed by atoms with van der Waals surface area (Å²) in [5, 5.41) is 12.0. The molecule has 0 aliphatic rings. The molecular formula is C21H19FN2O4. The van der Waals surface area contributed by atoms with Crippen molar-refractivity contribution in [3.05, 3.63) is 77.4 Å². The van der Waals surface area contributed by atoms with Crippen molar-refractivity contribution >= 4 is 11.9 Å². The van der Waals surface area contributed by atoms with Gasteiger partial charge in [-0.25, -0.2) is 9.37 Å². The molecule has 0 spiro atoms. The molecule has 1 amide bonds. The number of carboxylic acids is 1. The molecule has 2 aromatic carbocycles. The number of halogens is 1. The first-order chi connectivity index (χ1) is 13.3. The summed E-state index contributed by atoms with van der Waals surface area (Å²) in [6.07, 6.45) is -0.320. The molecule has 3 aromatic rings. The molecule has 0 radical (unpaired) electrons. The van der Waals surface area contributed by atoms with Crippen LogP contribution in [0.5, 0.6) is 0 Å². The van der Waals surface area contributed by atoms with Crippen molar-refractivity contribution in [2.75, 3.05) is 0 Å². The Morgan fingerprint density at radius 1 is 1.14 bits per heavy atom. The van der Waals surface area contributed by atoms with Crippen LogP contribution in [0, 0.1) is 12.7 Å². The summed E-state index contributed by atoms with van der Waals surface area (Å²) in [6.45, 7) is 3.17. The number of amides is 1. The van der Waals surface area contributed by atoms with Gasteiger partial charge in [-0.3, -0.25) is 9.59 Å². The molecule has 7 heteroatoms. The summed E-state index contributed by atoms with van der Waals surface area (Å²) in [4.78, 5) is 28.3. The number of aliphatic carboxylic acids is 1. The highest BCUT2D eigenvalue weighted by molar-refractivity contribution is 5.94. The monoisotopic (exact) mass is 382 g/mol. The summed E-state index contributed by atoms with van der Waals surface area (Å²) in [7, 11) is 0. The highest BCUT2D eigenvalue weighted by atomic mass is 19.1.